The number of halogens is 2. The Hall–Kier alpha value is -2.10. The minimum Gasteiger partial charge on any atom is -0.494 e. The average Bonchev–Trinajstić information content (AvgIpc) is 2.32. The van der Waals surface area contributed by atoms with Crippen molar-refractivity contribution in [2.24, 2.45) is 0 Å². The van der Waals surface area contributed by atoms with E-state index in [9.17, 15) is 8.78 Å². The second-order valence-electron chi connectivity index (χ2n) is 3.59. The number of benzene rings is 2. The van der Waals surface area contributed by atoms with E-state index in [1.807, 2.05) is 0 Å². The highest BCUT2D eigenvalue weighted by Gasteiger charge is 2.07. The van der Waals surface area contributed by atoms with Gasteiger partial charge in [-0.15, -0.1) is 0 Å². The molecule has 2 nitrogen and oxygen atoms in total. The maximum Gasteiger partial charge on any atom is 0.165 e. The molecule has 0 aromatic heterocycles. The van der Waals surface area contributed by atoms with Crippen LogP contribution in [0.4, 0.5) is 14.5 Å². The molecular formula is C13H11F2NO. The van der Waals surface area contributed by atoms with Crippen molar-refractivity contribution in [3.8, 4) is 16.9 Å². The summed E-state index contributed by atoms with van der Waals surface area (Å²) in [5, 5.41) is 0. The Morgan fingerprint density at radius 2 is 1.53 bits per heavy atom. The first-order valence-electron chi connectivity index (χ1n) is 5.01. The van der Waals surface area contributed by atoms with Crippen LogP contribution in [-0.2, 0) is 0 Å². The average molecular weight is 235 g/mol. The molecule has 0 aliphatic rings. The monoisotopic (exact) mass is 235 g/mol. The molecule has 2 rings (SSSR count). The van der Waals surface area contributed by atoms with Gasteiger partial charge in [0.15, 0.2) is 11.6 Å². The standard InChI is InChI=1S/C13H11F2NO/c1-17-13-5-3-9(7-11(13)15)8-2-4-12(16)10(14)6-8/h2-7H,16H2,1H3. The number of anilines is 1. The SMILES string of the molecule is COc1ccc(-c2ccc(N)c(F)c2)cc1F. The second-order valence-corrected chi connectivity index (χ2v) is 3.59. The Morgan fingerprint density at radius 3 is 2.06 bits per heavy atom. The first-order valence-corrected chi connectivity index (χ1v) is 5.01. The number of hydrogen-bond acceptors (Lipinski definition) is 2. The second kappa shape index (κ2) is 4.41. The van der Waals surface area contributed by atoms with Gasteiger partial charge >= 0.3 is 0 Å². The summed E-state index contributed by atoms with van der Waals surface area (Å²) in [6.45, 7) is 0. The number of nitrogen functional groups attached to an aromatic ring is 1. The Morgan fingerprint density at radius 1 is 0.941 bits per heavy atom. The number of methoxy groups -OCH3 is 1. The summed E-state index contributed by atoms with van der Waals surface area (Å²) < 4.78 is 31.5. The molecule has 0 saturated heterocycles. The van der Waals surface area contributed by atoms with E-state index in [0.717, 1.165) is 0 Å². The highest BCUT2D eigenvalue weighted by molar-refractivity contribution is 5.66. The van der Waals surface area contributed by atoms with Crippen molar-refractivity contribution in [1.29, 1.82) is 0 Å². The van der Waals surface area contributed by atoms with E-state index in [1.165, 1.54) is 31.4 Å². The predicted octanol–water partition coefficient (Wildman–Crippen LogP) is 3.22. The van der Waals surface area contributed by atoms with Crippen LogP contribution in [0.1, 0.15) is 0 Å². The zero-order valence-electron chi connectivity index (χ0n) is 9.21. The van der Waals surface area contributed by atoms with Gasteiger partial charge in [0.1, 0.15) is 5.82 Å². The smallest absolute Gasteiger partial charge is 0.165 e. The lowest BCUT2D eigenvalue weighted by atomic mass is 10.0. The molecule has 0 heterocycles. The van der Waals surface area contributed by atoms with Crippen molar-refractivity contribution < 1.29 is 13.5 Å². The van der Waals surface area contributed by atoms with E-state index < -0.39 is 11.6 Å². The van der Waals surface area contributed by atoms with Crippen LogP contribution in [0.15, 0.2) is 36.4 Å². The van der Waals surface area contributed by atoms with Crippen LogP contribution < -0.4 is 10.5 Å². The molecule has 17 heavy (non-hydrogen) atoms. The third-order valence-electron chi connectivity index (χ3n) is 2.49. The van der Waals surface area contributed by atoms with Gasteiger partial charge in [-0.25, -0.2) is 8.78 Å². The van der Waals surface area contributed by atoms with Gasteiger partial charge in [-0.2, -0.15) is 0 Å². The first kappa shape index (κ1) is 11.4. The van der Waals surface area contributed by atoms with E-state index in [1.54, 1.807) is 12.1 Å². The molecule has 88 valence electrons. The van der Waals surface area contributed by atoms with Crippen LogP contribution in [0.5, 0.6) is 5.75 Å². The van der Waals surface area contributed by atoms with Crippen LogP contribution in [0.2, 0.25) is 0 Å². The lowest BCUT2D eigenvalue weighted by Crippen LogP contribution is -1.92. The molecule has 0 unspecified atom stereocenters. The van der Waals surface area contributed by atoms with Gasteiger partial charge in [0.25, 0.3) is 0 Å². The summed E-state index contributed by atoms with van der Waals surface area (Å²) in [6, 6.07) is 8.82. The van der Waals surface area contributed by atoms with E-state index in [-0.39, 0.29) is 11.4 Å². The van der Waals surface area contributed by atoms with E-state index in [2.05, 4.69) is 0 Å². The fraction of sp³-hybridized carbons (Fsp3) is 0.0769. The summed E-state index contributed by atoms with van der Waals surface area (Å²) in [5.41, 5.74) is 6.58. The number of rotatable bonds is 2. The van der Waals surface area contributed by atoms with Gasteiger partial charge in [0.05, 0.1) is 12.8 Å². The van der Waals surface area contributed by atoms with Crippen LogP contribution in [-0.4, -0.2) is 7.11 Å². The Labute approximate surface area is 97.6 Å². The minimum absolute atomic E-state index is 0.0720. The quantitative estimate of drug-likeness (QED) is 0.811. The molecule has 2 aromatic rings. The molecule has 0 aliphatic carbocycles. The zero-order valence-corrected chi connectivity index (χ0v) is 9.21. The van der Waals surface area contributed by atoms with Gasteiger partial charge in [0, 0.05) is 0 Å². The van der Waals surface area contributed by atoms with Crippen molar-refractivity contribution in [2.45, 2.75) is 0 Å². The molecule has 0 bridgehead atoms. The Bertz CT molecular complexity index is 555. The molecule has 0 spiro atoms. The highest BCUT2D eigenvalue weighted by Crippen LogP contribution is 2.27. The topological polar surface area (TPSA) is 35.2 Å². The normalized spacial score (nSPS) is 10.3. The van der Waals surface area contributed by atoms with Gasteiger partial charge in [-0.3, -0.25) is 0 Å². The van der Waals surface area contributed by atoms with Crippen LogP contribution in [0.3, 0.4) is 0 Å². The lowest BCUT2D eigenvalue weighted by Gasteiger charge is -2.06. The Balaban J connectivity index is 2.46. The van der Waals surface area contributed by atoms with E-state index >= 15 is 0 Å². The molecule has 2 N–H and O–H groups in total. The van der Waals surface area contributed by atoms with Crippen molar-refractivity contribution >= 4 is 5.69 Å². The summed E-state index contributed by atoms with van der Waals surface area (Å²) in [5.74, 6) is -0.842. The number of ether oxygens (including phenoxy) is 1. The molecule has 4 heteroatoms. The fourth-order valence-electron chi connectivity index (χ4n) is 1.55. The van der Waals surface area contributed by atoms with Gasteiger partial charge in [-0.05, 0) is 35.4 Å². The molecule has 0 aliphatic heterocycles. The fourth-order valence-corrected chi connectivity index (χ4v) is 1.55. The van der Waals surface area contributed by atoms with Gasteiger partial charge in [0.2, 0.25) is 0 Å². The van der Waals surface area contributed by atoms with E-state index in [0.29, 0.717) is 11.1 Å². The van der Waals surface area contributed by atoms with Gasteiger partial charge in [-0.1, -0.05) is 12.1 Å². The molecule has 2 aromatic carbocycles. The third kappa shape index (κ3) is 2.20. The van der Waals surface area contributed by atoms with Gasteiger partial charge < -0.3 is 10.5 Å². The van der Waals surface area contributed by atoms with Crippen LogP contribution >= 0.6 is 0 Å². The zero-order chi connectivity index (χ0) is 12.4. The van der Waals surface area contributed by atoms with Crippen LogP contribution in [0.25, 0.3) is 11.1 Å². The van der Waals surface area contributed by atoms with Crippen LogP contribution in [0, 0.1) is 11.6 Å². The summed E-state index contributed by atoms with van der Waals surface area (Å²) in [7, 11) is 1.39. The van der Waals surface area contributed by atoms with Crippen molar-refractivity contribution in [2.75, 3.05) is 12.8 Å². The number of nitrogens with two attached hydrogens (primary N) is 1. The molecule has 0 fully saturated rings. The predicted molar refractivity (Wildman–Crippen MR) is 62.8 cm³/mol. The maximum atomic E-state index is 13.5. The summed E-state index contributed by atoms with van der Waals surface area (Å²) >= 11 is 0. The molecule has 0 atom stereocenters. The molecule has 0 radical (unpaired) electrons. The lowest BCUT2D eigenvalue weighted by molar-refractivity contribution is 0.386. The summed E-state index contributed by atoms with van der Waals surface area (Å²) in [6.07, 6.45) is 0. The maximum absolute atomic E-state index is 13.5. The minimum atomic E-state index is -0.515. The van der Waals surface area contributed by atoms with Crippen molar-refractivity contribution in [3.63, 3.8) is 0 Å². The van der Waals surface area contributed by atoms with Crippen molar-refractivity contribution in [1.82, 2.24) is 0 Å². The third-order valence-corrected chi connectivity index (χ3v) is 2.49. The largest absolute Gasteiger partial charge is 0.494 e. The highest BCUT2D eigenvalue weighted by atomic mass is 19.1. The van der Waals surface area contributed by atoms with Crippen molar-refractivity contribution in [3.05, 3.63) is 48.0 Å². The Kier molecular flexibility index (Phi) is 2.95. The number of hydrogen-bond donors (Lipinski definition) is 1. The molecular weight excluding hydrogens is 224 g/mol. The first-order chi connectivity index (χ1) is 8.11. The molecule has 0 saturated carbocycles. The summed E-state index contributed by atoms with van der Waals surface area (Å²) in [4.78, 5) is 0. The van der Waals surface area contributed by atoms with E-state index in [4.69, 9.17) is 10.5 Å². The molecule has 0 amide bonds.